The highest BCUT2D eigenvalue weighted by molar-refractivity contribution is 5.77. The lowest BCUT2D eigenvalue weighted by Crippen LogP contribution is -2.38. The Bertz CT molecular complexity index is 1140. The molecule has 1 saturated heterocycles. The number of imidazole rings is 1. The summed E-state index contributed by atoms with van der Waals surface area (Å²) in [6.45, 7) is 5.02. The van der Waals surface area contributed by atoms with Crippen LogP contribution in [0.15, 0.2) is 61.3 Å². The minimum Gasteiger partial charge on any atom is -0.491 e. The van der Waals surface area contributed by atoms with Crippen LogP contribution < -0.4 is 10.1 Å². The molecular weight excluding hydrogens is 394 g/mol. The Kier molecular flexibility index (Phi) is 5.68. The van der Waals surface area contributed by atoms with Crippen molar-refractivity contribution in [3.05, 3.63) is 61.3 Å². The number of morpholine rings is 1. The van der Waals surface area contributed by atoms with E-state index in [0.29, 0.717) is 18.2 Å². The number of hydrogen-bond donors (Lipinski definition) is 1. The average molecular weight is 417 g/mol. The van der Waals surface area contributed by atoms with Gasteiger partial charge in [0.2, 0.25) is 0 Å². The van der Waals surface area contributed by atoms with Crippen molar-refractivity contribution in [2.24, 2.45) is 0 Å². The summed E-state index contributed by atoms with van der Waals surface area (Å²) >= 11 is 0. The summed E-state index contributed by atoms with van der Waals surface area (Å²) in [6, 6.07) is 13.6. The maximum Gasteiger partial charge on any atom is 0.143 e. The average Bonchev–Trinajstić information content (AvgIpc) is 3.25. The molecule has 5 rings (SSSR count). The van der Waals surface area contributed by atoms with Gasteiger partial charge in [-0.3, -0.25) is 9.47 Å². The van der Waals surface area contributed by atoms with Gasteiger partial charge in [-0.15, -0.1) is 0 Å². The highest BCUT2D eigenvalue weighted by Gasteiger charge is 2.10. The maximum absolute atomic E-state index is 5.81. The fraction of sp³-hybridized carbons (Fsp3) is 0.273. The Labute approximate surface area is 179 Å². The minimum absolute atomic E-state index is 0.628. The number of pyridine rings is 1. The molecule has 1 N–H and O–H groups in total. The Morgan fingerprint density at radius 1 is 0.968 bits per heavy atom. The molecule has 1 aliphatic rings. The third-order valence-corrected chi connectivity index (χ3v) is 5.13. The molecule has 3 aromatic heterocycles. The van der Waals surface area contributed by atoms with Crippen molar-refractivity contribution >= 4 is 22.7 Å². The second-order valence-corrected chi connectivity index (χ2v) is 7.17. The standard InChI is InChI=1S/C22H23N7O2/c1-2-4-19-18(3-1)26-16-29(19)22-13-21(24-15-25-22)27-20-6-5-17(14-23-20)31-12-9-28-7-10-30-11-8-28/h1-6,13-16H,7-12H2,(H,23,24,25,27). The fourth-order valence-electron chi connectivity index (χ4n) is 3.48. The first kappa shape index (κ1) is 19.4. The zero-order chi connectivity index (χ0) is 20.9. The van der Waals surface area contributed by atoms with Gasteiger partial charge in [-0.1, -0.05) is 12.1 Å². The number of rotatable bonds is 7. The van der Waals surface area contributed by atoms with Gasteiger partial charge in [-0.25, -0.2) is 19.9 Å². The second kappa shape index (κ2) is 9.07. The predicted molar refractivity (Wildman–Crippen MR) is 117 cm³/mol. The SMILES string of the molecule is c1ccc2c(c1)ncn2-c1cc(Nc2ccc(OCCN3CCOCC3)cn2)ncn1. The van der Waals surface area contributed by atoms with E-state index in [0.717, 1.165) is 55.4 Å². The third kappa shape index (κ3) is 4.62. The molecule has 4 aromatic rings. The highest BCUT2D eigenvalue weighted by atomic mass is 16.5. The summed E-state index contributed by atoms with van der Waals surface area (Å²) in [7, 11) is 0. The lowest BCUT2D eigenvalue weighted by atomic mass is 10.3. The first-order valence-electron chi connectivity index (χ1n) is 10.3. The van der Waals surface area contributed by atoms with Crippen molar-refractivity contribution in [3.8, 4) is 11.6 Å². The second-order valence-electron chi connectivity index (χ2n) is 7.17. The predicted octanol–water partition coefficient (Wildman–Crippen LogP) is 2.67. The molecular formula is C22H23N7O2. The molecule has 0 radical (unpaired) electrons. The monoisotopic (exact) mass is 417 g/mol. The van der Waals surface area contributed by atoms with Crippen molar-refractivity contribution in [1.29, 1.82) is 0 Å². The van der Waals surface area contributed by atoms with E-state index in [2.05, 4.69) is 30.2 Å². The van der Waals surface area contributed by atoms with Gasteiger partial charge in [-0.05, 0) is 24.3 Å². The molecule has 31 heavy (non-hydrogen) atoms. The summed E-state index contributed by atoms with van der Waals surface area (Å²) in [5.41, 5.74) is 1.91. The van der Waals surface area contributed by atoms with Crippen molar-refractivity contribution in [2.45, 2.75) is 0 Å². The molecule has 0 unspecified atom stereocenters. The maximum atomic E-state index is 5.81. The minimum atomic E-state index is 0.628. The summed E-state index contributed by atoms with van der Waals surface area (Å²) in [6.07, 6.45) is 5.00. The van der Waals surface area contributed by atoms with Gasteiger partial charge in [0.25, 0.3) is 0 Å². The Morgan fingerprint density at radius 2 is 1.87 bits per heavy atom. The van der Waals surface area contributed by atoms with Crippen molar-refractivity contribution in [1.82, 2.24) is 29.4 Å². The molecule has 158 valence electrons. The summed E-state index contributed by atoms with van der Waals surface area (Å²) in [5, 5.41) is 3.22. The molecule has 1 fully saturated rings. The van der Waals surface area contributed by atoms with Gasteiger partial charge in [0, 0.05) is 25.7 Å². The summed E-state index contributed by atoms with van der Waals surface area (Å²) in [5.74, 6) is 2.80. The third-order valence-electron chi connectivity index (χ3n) is 5.13. The molecule has 9 heteroatoms. The van der Waals surface area contributed by atoms with Gasteiger partial charge >= 0.3 is 0 Å². The topological polar surface area (TPSA) is 90.2 Å². The first-order valence-corrected chi connectivity index (χ1v) is 10.3. The molecule has 9 nitrogen and oxygen atoms in total. The fourth-order valence-corrected chi connectivity index (χ4v) is 3.48. The highest BCUT2D eigenvalue weighted by Crippen LogP contribution is 2.20. The van der Waals surface area contributed by atoms with Crippen LogP contribution in [-0.2, 0) is 4.74 Å². The van der Waals surface area contributed by atoms with Crippen LogP contribution in [0.25, 0.3) is 16.9 Å². The van der Waals surface area contributed by atoms with E-state index in [9.17, 15) is 0 Å². The van der Waals surface area contributed by atoms with Gasteiger partial charge in [0.1, 0.15) is 42.5 Å². The quantitative estimate of drug-likeness (QED) is 0.491. The van der Waals surface area contributed by atoms with E-state index in [1.165, 1.54) is 6.33 Å². The number of ether oxygens (including phenoxy) is 2. The van der Waals surface area contributed by atoms with Gasteiger partial charge in [0.05, 0.1) is 30.4 Å². The lowest BCUT2D eigenvalue weighted by Gasteiger charge is -2.26. The van der Waals surface area contributed by atoms with Gasteiger partial charge in [-0.2, -0.15) is 0 Å². The summed E-state index contributed by atoms with van der Waals surface area (Å²) in [4.78, 5) is 19.9. The number of nitrogens with zero attached hydrogens (tertiary/aromatic N) is 6. The first-order chi connectivity index (χ1) is 15.3. The van der Waals surface area contributed by atoms with Crippen LogP contribution in [0.4, 0.5) is 11.6 Å². The van der Waals surface area contributed by atoms with E-state index >= 15 is 0 Å². The zero-order valence-electron chi connectivity index (χ0n) is 17.0. The number of para-hydroxylation sites is 2. The van der Waals surface area contributed by atoms with Gasteiger partial charge in [0.15, 0.2) is 0 Å². The van der Waals surface area contributed by atoms with Crippen LogP contribution in [0.2, 0.25) is 0 Å². The molecule has 1 aromatic carbocycles. The van der Waals surface area contributed by atoms with Crippen LogP contribution in [0.3, 0.4) is 0 Å². The van der Waals surface area contributed by atoms with Crippen LogP contribution in [0.5, 0.6) is 5.75 Å². The molecule has 0 amide bonds. The van der Waals surface area contributed by atoms with E-state index in [-0.39, 0.29) is 0 Å². The van der Waals surface area contributed by atoms with Crippen LogP contribution in [-0.4, -0.2) is 68.9 Å². The molecule has 4 heterocycles. The molecule has 0 aliphatic carbocycles. The number of benzene rings is 1. The largest absolute Gasteiger partial charge is 0.491 e. The molecule has 0 spiro atoms. The van der Waals surface area contributed by atoms with Crippen molar-refractivity contribution in [3.63, 3.8) is 0 Å². The number of aromatic nitrogens is 5. The Balaban J connectivity index is 1.21. The van der Waals surface area contributed by atoms with E-state index < -0.39 is 0 Å². The molecule has 1 aliphatic heterocycles. The Hall–Kier alpha value is -3.56. The zero-order valence-corrected chi connectivity index (χ0v) is 17.0. The number of nitrogens with one attached hydrogen (secondary N) is 1. The normalized spacial score (nSPS) is 14.6. The molecule has 0 bridgehead atoms. The van der Waals surface area contributed by atoms with Crippen LogP contribution >= 0.6 is 0 Å². The smallest absolute Gasteiger partial charge is 0.143 e. The number of fused-ring (bicyclic) bond motifs is 1. The lowest BCUT2D eigenvalue weighted by molar-refractivity contribution is 0.0322. The number of anilines is 2. The van der Waals surface area contributed by atoms with Gasteiger partial charge < -0.3 is 14.8 Å². The molecule has 0 saturated carbocycles. The van der Waals surface area contributed by atoms with Crippen LogP contribution in [0, 0.1) is 0 Å². The van der Waals surface area contributed by atoms with Crippen LogP contribution in [0.1, 0.15) is 0 Å². The van der Waals surface area contributed by atoms with Crippen molar-refractivity contribution in [2.75, 3.05) is 44.8 Å². The van der Waals surface area contributed by atoms with E-state index in [4.69, 9.17) is 9.47 Å². The molecule has 0 atom stereocenters. The Morgan fingerprint density at radius 3 is 2.74 bits per heavy atom. The van der Waals surface area contributed by atoms with E-state index in [1.54, 1.807) is 12.5 Å². The number of hydrogen-bond acceptors (Lipinski definition) is 8. The van der Waals surface area contributed by atoms with Crippen molar-refractivity contribution < 1.29 is 9.47 Å². The summed E-state index contributed by atoms with van der Waals surface area (Å²) < 4.78 is 13.1. The van der Waals surface area contributed by atoms with E-state index in [1.807, 2.05) is 47.0 Å².